The molecule has 31 heavy (non-hydrogen) atoms. The van der Waals surface area contributed by atoms with Crippen LogP contribution < -0.4 is 4.74 Å². The van der Waals surface area contributed by atoms with Crippen LogP contribution in [0.1, 0.15) is 19.3 Å². The van der Waals surface area contributed by atoms with E-state index in [1.165, 1.54) is 6.42 Å². The Morgan fingerprint density at radius 3 is 2.77 bits per heavy atom. The molecule has 0 saturated carbocycles. The summed E-state index contributed by atoms with van der Waals surface area (Å²) in [6.07, 6.45) is 6.38. The molecule has 1 atom stereocenters. The predicted molar refractivity (Wildman–Crippen MR) is 120 cm³/mol. The topological polar surface area (TPSA) is 67.7 Å². The van der Waals surface area contributed by atoms with Crippen molar-refractivity contribution in [2.75, 3.05) is 39.5 Å². The van der Waals surface area contributed by atoms with E-state index < -0.39 is 6.10 Å². The van der Waals surface area contributed by atoms with Crippen LogP contribution in [0, 0.1) is 5.41 Å². The highest BCUT2D eigenvalue weighted by molar-refractivity contribution is 5.99. The Labute approximate surface area is 182 Å². The van der Waals surface area contributed by atoms with Gasteiger partial charge in [0.2, 0.25) is 0 Å². The number of aromatic nitrogens is 2. The third-order valence-corrected chi connectivity index (χ3v) is 6.73. The van der Waals surface area contributed by atoms with E-state index in [-0.39, 0.29) is 6.61 Å². The minimum Gasteiger partial charge on any atom is -0.490 e. The van der Waals surface area contributed by atoms with Crippen LogP contribution >= 0.6 is 0 Å². The van der Waals surface area contributed by atoms with E-state index >= 15 is 0 Å². The van der Waals surface area contributed by atoms with E-state index in [4.69, 9.17) is 9.47 Å². The van der Waals surface area contributed by atoms with Gasteiger partial charge in [0.05, 0.1) is 12.4 Å². The first-order chi connectivity index (χ1) is 15.2. The quantitative estimate of drug-likeness (QED) is 0.659. The van der Waals surface area contributed by atoms with Crippen LogP contribution in [0.15, 0.2) is 54.9 Å². The molecule has 3 aromatic rings. The Kier molecular flexibility index (Phi) is 5.85. The van der Waals surface area contributed by atoms with Crippen LogP contribution in [0.2, 0.25) is 0 Å². The minimum absolute atomic E-state index is 0.260. The first-order valence-electron chi connectivity index (χ1n) is 11.1. The van der Waals surface area contributed by atoms with Crippen molar-refractivity contribution in [1.82, 2.24) is 15.1 Å². The number of aliphatic hydroxyl groups excluding tert-OH is 1. The molecule has 3 heterocycles. The summed E-state index contributed by atoms with van der Waals surface area (Å²) in [6.45, 7) is 4.74. The lowest BCUT2D eigenvalue weighted by atomic mass is 9.80. The summed E-state index contributed by atoms with van der Waals surface area (Å²) >= 11 is 0. The lowest BCUT2D eigenvalue weighted by Gasteiger charge is -2.33. The van der Waals surface area contributed by atoms with Crippen LogP contribution in [-0.2, 0) is 4.74 Å². The number of aliphatic hydroxyl groups is 1. The summed E-state index contributed by atoms with van der Waals surface area (Å²) in [4.78, 5) is 2.38. The first kappa shape index (κ1) is 20.4. The number of fused-ring (bicyclic) bond motifs is 1. The van der Waals surface area contributed by atoms with Crippen molar-refractivity contribution in [3.8, 4) is 16.9 Å². The molecule has 0 amide bonds. The van der Waals surface area contributed by atoms with Gasteiger partial charge in [-0.3, -0.25) is 0 Å². The molecule has 1 N–H and O–H groups in total. The van der Waals surface area contributed by atoms with Crippen molar-refractivity contribution in [3.05, 3.63) is 54.9 Å². The van der Waals surface area contributed by atoms with Crippen molar-refractivity contribution < 1.29 is 14.6 Å². The molecular formula is C25H29N3O3. The van der Waals surface area contributed by atoms with Crippen molar-refractivity contribution >= 4 is 10.8 Å². The number of β-amino-alcohol motifs (C(OH)–C–C–N with tert-alkyl or cyclic N) is 1. The van der Waals surface area contributed by atoms with E-state index in [0.717, 1.165) is 66.8 Å². The molecule has 2 aliphatic heterocycles. The fourth-order valence-electron chi connectivity index (χ4n) is 5.04. The molecule has 2 fully saturated rings. The Morgan fingerprint density at radius 1 is 1.06 bits per heavy atom. The van der Waals surface area contributed by atoms with Gasteiger partial charge in [0.15, 0.2) is 0 Å². The van der Waals surface area contributed by atoms with E-state index in [0.29, 0.717) is 12.0 Å². The summed E-state index contributed by atoms with van der Waals surface area (Å²) in [5.41, 5.74) is 2.33. The van der Waals surface area contributed by atoms with E-state index in [1.54, 1.807) is 12.4 Å². The molecule has 1 unspecified atom stereocenters. The Hall–Kier alpha value is -2.54. The Balaban J connectivity index is 1.29. The standard InChI is InChI=1S/C25H29N3O3/c29-21(16-28-12-8-25(18-28)9-13-30-14-10-25)17-31-23-6-5-19-3-1-2-4-22(19)24(23)20-7-11-26-27-15-20/h1-7,11,15,21,29H,8-10,12-14,16-18H2. The lowest BCUT2D eigenvalue weighted by molar-refractivity contribution is 0.0149. The van der Waals surface area contributed by atoms with Gasteiger partial charge in [0, 0.05) is 37.4 Å². The molecule has 2 aromatic carbocycles. The summed E-state index contributed by atoms with van der Waals surface area (Å²) in [7, 11) is 0. The molecule has 6 heteroatoms. The molecule has 6 nitrogen and oxygen atoms in total. The molecule has 1 aromatic heterocycles. The molecule has 162 valence electrons. The molecule has 5 rings (SSSR count). The van der Waals surface area contributed by atoms with E-state index in [9.17, 15) is 5.11 Å². The first-order valence-corrected chi connectivity index (χ1v) is 11.1. The lowest BCUT2D eigenvalue weighted by Crippen LogP contribution is -2.37. The Bertz CT molecular complexity index is 1020. The van der Waals surface area contributed by atoms with E-state index in [2.05, 4.69) is 33.3 Å². The molecule has 0 radical (unpaired) electrons. The molecule has 2 aliphatic rings. The number of likely N-dealkylation sites (tertiary alicyclic amines) is 1. The van der Waals surface area contributed by atoms with Gasteiger partial charge >= 0.3 is 0 Å². The molecular weight excluding hydrogens is 390 g/mol. The average Bonchev–Trinajstić information content (AvgIpc) is 3.19. The number of hydrogen-bond donors (Lipinski definition) is 1. The zero-order chi connectivity index (χ0) is 21.1. The van der Waals surface area contributed by atoms with Gasteiger partial charge in [-0.2, -0.15) is 10.2 Å². The van der Waals surface area contributed by atoms with Crippen LogP contribution in [0.25, 0.3) is 21.9 Å². The highest BCUT2D eigenvalue weighted by Gasteiger charge is 2.39. The maximum absolute atomic E-state index is 10.7. The van der Waals surface area contributed by atoms with Gasteiger partial charge in [-0.05, 0) is 54.1 Å². The smallest absolute Gasteiger partial charge is 0.127 e. The summed E-state index contributed by atoms with van der Waals surface area (Å²) < 4.78 is 11.7. The van der Waals surface area contributed by atoms with Crippen LogP contribution in [0.4, 0.5) is 0 Å². The van der Waals surface area contributed by atoms with Crippen molar-refractivity contribution in [2.45, 2.75) is 25.4 Å². The number of ether oxygens (including phenoxy) is 2. The van der Waals surface area contributed by atoms with E-state index in [1.807, 2.05) is 24.3 Å². The third-order valence-electron chi connectivity index (χ3n) is 6.73. The van der Waals surface area contributed by atoms with Gasteiger partial charge < -0.3 is 19.5 Å². The fraction of sp³-hybridized carbons (Fsp3) is 0.440. The van der Waals surface area contributed by atoms with Crippen molar-refractivity contribution in [1.29, 1.82) is 0 Å². The zero-order valence-corrected chi connectivity index (χ0v) is 17.7. The maximum Gasteiger partial charge on any atom is 0.127 e. The maximum atomic E-state index is 10.7. The summed E-state index contributed by atoms with van der Waals surface area (Å²) in [6, 6.07) is 14.2. The van der Waals surface area contributed by atoms with Crippen LogP contribution in [-0.4, -0.2) is 65.8 Å². The average molecular weight is 420 g/mol. The highest BCUT2D eigenvalue weighted by Crippen LogP contribution is 2.40. The van der Waals surface area contributed by atoms with Gasteiger partial charge in [-0.25, -0.2) is 0 Å². The monoisotopic (exact) mass is 419 g/mol. The SMILES string of the molecule is OC(COc1ccc2ccccc2c1-c1ccnnc1)CN1CCC2(CCOCC2)C1. The largest absolute Gasteiger partial charge is 0.490 e. The van der Waals surface area contributed by atoms with Crippen molar-refractivity contribution in [2.24, 2.45) is 5.41 Å². The highest BCUT2D eigenvalue weighted by atomic mass is 16.5. The van der Waals surface area contributed by atoms with Gasteiger partial charge in [0.25, 0.3) is 0 Å². The second-order valence-corrected chi connectivity index (χ2v) is 8.85. The van der Waals surface area contributed by atoms with Gasteiger partial charge in [-0.15, -0.1) is 0 Å². The summed E-state index contributed by atoms with van der Waals surface area (Å²) in [5, 5.41) is 20.9. The van der Waals surface area contributed by atoms with Crippen molar-refractivity contribution in [3.63, 3.8) is 0 Å². The zero-order valence-electron chi connectivity index (χ0n) is 17.7. The minimum atomic E-state index is -0.537. The normalized spacial score (nSPS) is 19.6. The van der Waals surface area contributed by atoms with Crippen LogP contribution in [0.5, 0.6) is 5.75 Å². The number of nitrogens with zero attached hydrogens (tertiary/aromatic N) is 3. The second-order valence-electron chi connectivity index (χ2n) is 8.85. The van der Waals surface area contributed by atoms with Crippen LogP contribution in [0.3, 0.4) is 0 Å². The molecule has 0 aliphatic carbocycles. The number of rotatable bonds is 6. The number of benzene rings is 2. The molecule has 2 saturated heterocycles. The predicted octanol–water partition coefficient (Wildman–Crippen LogP) is 3.54. The molecule has 1 spiro atoms. The van der Waals surface area contributed by atoms with Gasteiger partial charge in [-0.1, -0.05) is 30.3 Å². The third kappa shape index (κ3) is 4.42. The fourth-order valence-corrected chi connectivity index (χ4v) is 5.04. The number of hydrogen-bond acceptors (Lipinski definition) is 6. The Morgan fingerprint density at radius 2 is 1.94 bits per heavy atom. The molecule has 0 bridgehead atoms. The summed E-state index contributed by atoms with van der Waals surface area (Å²) in [5.74, 6) is 0.757. The second kappa shape index (κ2) is 8.91. The van der Waals surface area contributed by atoms with Gasteiger partial charge in [0.1, 0.15) is 18.5 Å².